The largest absolute Gasteiger partial charge is 0.508 e. The van der Waals surface area contributed by atoms with Crippen molar-refractivity contribution in [2.24, 2.45) is 0 Å². The monoisotopic (exact) mass is 451 g/mol. The van der Waals surface area contributed by atoms with Crippen LogP contribution in [0.15, 0.2) is 66.7 Å². The lowest BCUT2D eigenvalue weighted by Gasteiger charge is -2.32. The van der Waals surface area contributed by atoms with E-state index in [1.54, 1.807) is 6.07 Å². The molecule has 2 aliphatic rings. The third-order valence-corrected chi connectivity index (χ3v) is 7.29. The van der Waals surface area contributed by atoms with E-state index in [4.69, 9.17) is 0 Å². The highest BCUT2D eigenvalue weighted by molar-refractivity contribution is 5.98. The van der Waals surface area contributed by atoms with Gasteiger partial charge in [0.05, 0.1) is 0 Å². The summed E-state index contributed by atoms with van der Waals surface area (Å²) in [5.74, 6) is 0.883. The van der Waals surface area contributed by atoms with Crippen LogP contribution in [-0.4, -0.2) is 40.9 Å². The average molecular weight is 452 g/mol. The number of aliphatic hydroxyl groups is 1. The maximum Gasteiger partial charge on any atom is 0.116 e. The van der Waals surface area contributed by atoms with Gasteiger partial charge in [-0.1, -0.05) is 48.5 Å². The van der Waals surface area contributed by atoms with Crippen molar-refractivity contribution in [1.82, 2.24) is 4.90 Å². The van der Waals surface area contributed by atoms with E-state index >= 15 is 0 Å². The minimum absolute atomic E-state index is 0.137. The molecule has 0 spiro atoms. The molecule has 3 nitrogen and oxygen atoms in total. The Morgan fingerprint density at radius 2 is 1.68 bits per heavy atom. The van der Waals surface area contributed by atoms with Gasteiger partial charge < -0.3 is 15.1 Å². The molecular weight excluding hydrogens is 418 g/mol. The molecule has 3 aromatic carbocycles. The number of allylic oxidation sites excluding steroid dienone is 1. The van der Waals surface area contributed by atoms with Gasteiger partial charge in [0.25, 0.3) is 0 Å². The van der Waals surface area contributed by atoms with Gasteiger partial charge in [-0.05, 0) is 121 Å². The van der Waals surface area contributed by atoms with Gasteiger partial charge in [-0.2, -0.15) is 0 Å². The maximum absolute atomic E-state index is 10.2. The average Bonchev–Trinajstić information content (AvgIpc) is 3.73. The van der Waals surface area contributed by atoms with Crippen molar-refractivity contribution < 1.29 is 10.2 Å². The van der Waals surface area contributed by atoms with E-state index in [0.717, 1.165) is 40.3 Å². The van der Waals surface area contributed by atoms with E-state index in [2.05, 4.69) is 41.3 Å². The number of hydrogen-bond acceptors (Lipinski definition) is 3. The lowest BCUT2D eigenvalue weighted by atomic mass is 9.85. The van der Waals surface area contributed by atoms with Crippen LogP contribution in [0.2, 0.25) is 0 Å². The van der Waals surface area contributed by atoms with Gasteiger partial charge in [-0.25, -0.2) is 0 Å². The summed E-state index contributed by atoms with van der Waals surface area (Å²) < 4.78 is 0. The Balaban J connectivity index is 1.50. The smallest absolute Gasteiger partial charge is 0.116 e. The molecule has 0 unspecified atom stereocenters. The van der Waals surface area contributed by atoms with Crippen molar-refractivity contribution >= 4 is 11.1 Å². The van der Waals surface area contributed by atoms with Crippen LogP contribution < -0.4 is 0 Å². The minimum Gasteiger partial charge on any atom is -0.508 e. The number of rotatable bonds is 8. The molecule has 0 bridgehead atoms. The topological polar surface area (TPSA) is 43.7 Å². The van der Waals surface area contributed by atoms with Crippen LogP contribution in [-0.2, 0) is 0 Å². The fourth-order valence-electron chi connectivity index (χ4n) is 5.34. The Bertz CT molecular complexity index is 1110. The first-order valence-electron chi connectivity index (χ1n) is 12.6. The molecule has 1 heterocycles. The Morgan fingerprint density at radius 3 is 2.32 bits per heavy atom. The number of aliphatic hydroxyl groups excluding tert-OH is 1. The Morgan fingerprint density at radius 1 is 0.882 bits per heavy atom. The molecule has 0 amide bonds. The second kappa shape index (κ2) is 10.5. The normalized spacial score (nSPS) is 17.8. The number of hydrogen-bond donors (Lipinski definition) is 2. The van der Waals surface area contributed by atoms with Crippen molar-refractivity contribution in [2.45, 2.75) is 50.5 Å². The summed E-state index contributed by atoms with van der Waals surface area (Å²) in [5.41, 5.74) is 6.85. The third-order valence-electron chi connectivity index (χ3n) is 7.29. The van der Waals surface area contributed by atoms with Crippen molar-refractivity contribution in [2.75, 3.05) is 19.7 Å². The fourth-order valence-corrected chi connectivity index (χ4v) is 5.34. The van der Waals surface area contributed by atoms with Gasteiger partial charge in [0.15, 0.2) is 0 Å². The van der Waals surface area contributed by atoms with Gasteiger partial charge in [0.1, 0.15) is 5.75 Å². The Hall–Kier alpha value is -3.06. The van der Waals surface area contributed by atoms with Crippen molar-refractivity contribution in [1.29, 1.82) is 0 Å². The highest BCUT2D eigenvalue weighted by Gasteiger charge is 2.32. The molecule has 3 heteroatoms. The molecular formula is C31H33NO2. The molecule has 2 fully saturated rings. The van der Waals surface area contributed by atoms with E-state index in [1.165, 1.54) is 44.3 Å². The summed E-state index contributed by atoms with van der Waals surface area (Å²) in [4.78, 5) is 2.68. The number of aromatic hydroxyl groups is 1. The zero-order valence-corrected chi connectivity index (χ0v) is 19.7. The highest BCUT2D eigenvalue weighted by atomic mass is 16.3. The Kier molecular flexibility index (Phi) is 7.00. The fraction of sp³-hybridized carbons (Fsp3) is 0.355. The second-order valence-corrected chi connectivity index (χ2v) is 9.62. The van der Waals surface area contributed by atoms with Gasteiger partial charge in [0.2, 0.25) is 0 Å². The lowest BCUT2D eigenvalue weighted by Crippen LogP contribution is -2.34. The molecule has 0 aromatic heterocycles. The zero-order valence-electron chi connectivity index (χ0n) is 19.7. The molecule has 0 radical (unpaired) electrons. The van der Waals surface area contributed by atoms with E-state index in [-0.39, 0.29) is 12.4 Å². The van der Waals surface area contributed by atoms with Crippen molar-refractivity contribution in [3.8, 4) is 5.75 Å². The summed E-state index contributed by atoms with van der Waals surface area (Å²) in [5, 5.41) is 19.8. The summed E-state index contributed by atoms with van der Waals surface area (Å²) in [6.07, 6.45) is 6.67. The number of nitrogens with zero attached hydrogens (tertiary/aromatic N) is 1. The molecule has 2 N–H and O–H groups in total. The van der Waals surface area contributed by atoms with Crippen LogP contribution in [0.4, 0.5) is 0 Å². The first-order chi connectivity index (χ1) is 16.7. The lowest BCUT2D eigenvalue weighted by molar-refractivity contribution is 0.203. The highest BCUT2D eigenvalue weighted by Crippen LogP contribution is 2.38. The van der Waals surface area contributed by atoms with Gasteiger partial charge in [-0.15, -0.1) is 0 Å². The van der Waals surface area contributed by atoms with E-state index < -0.39 is 0 Å². The summed E-state index contributed by atoms with van der Waals surface area (Å²) in [6, 6.07) is 29.4. The van der Waals surface area contributed by atoms with Crippen LogP contribution >= 0.6 is 0 Å². The van der Waals surface area contributed by atoms with Crippen LogP contribution in [0, 0.1) is 12.1 Å². The molecule has 0 atom stereocenters. The van der Waals surface area contributed by atoms with Crippen molar-refractivity contribution in [3.05, 3.63) is 101 Å². The number of likely N-dealkylation sites (tertiary alicyclic amines) is 1. The van der Waals surface area contributed by atoms with Crippen molar-refractivity contribution in [3.63, 3.8) is 0 Å². The minimum atomic E-state index is 0.137. The molecule has 34 heavy (non-hydrogen) atoms. The van der Waals surface area contributed by atoms with Crippen LogP contribution in [0.1, 0.15) is 66.7 Å². The number of phenols is 1. The molecule has 3 aromatic rings. The number of piperidine rings is 1. The van der Waals surface area contributed by atoms with E-state index in [1.807, 2.05) is 36.4 Å². The molecule has 1 aliphatic carbocycles. The maximum atomic E-state index is 10.2. The van der Waals surface area contributed by atoms with Gasteiger partial charge >= 0.3 is 0 Å². The molecule has 174 valence electrons. The molecule has 1 saturated carbocycles. The van der Waals surface area contributed by atoms with Crippen LogP contribution in [0.5, 0.6) is 5.75 Å². The molecule has 5 rings (SSSR count). The SMILES string of the molecule is OCCC/C(=C(/c1ccc(C2CCN(C3CC3)CC2)cc1)c1cccc(O)c1)c1cc#ccc1. The van der Waals surface area contributed by atoms with Gasteiger partial charge in [0, 0.05) is 12.6 Å². The molecule has 1 saturated heterocycles. The second-order valence-electron chi connectivity index (χ2n) is 9.62. The zero-order chi connectivity index (χ0) is 23.3. The first kappa shape index (κ1) is 22.7. The summed E-state index contributed by atoms with van der Waals surface area (Å²) in [6.45, 7) is 2.58. The van der Waals surface area contributed by atoms with E-state index in [0.29, 0.717) is 12.3 Å². The standard InChI is InChI=1S/C31H33NO2/c33-21-5-10-30(25-6-2-1-3-7-25)31(27-8-4-9-29(34)22-27)26-13-11-23(12-14-26)24-17-19-32(20-18-24)28-15-16-28/h2,4,6-9,11-14,22,24,28,33-34H,5,10,15-21H2/b31-30+. The summed E-state index contributed by atoms with van der Waals surface area (Å²) >= 11 is 0. The van der Waals surface area contributed by atoms with Crippen LogP contribution in [0.3, 0.4) is 0 Å². The van der Waals surface area contributed by atoms with Crippen LogP contribution in [0.25, 0.3) is 11.1 Å². The van der Waals surface area contributed by atoms with Gasteiger partial charge in [-0.3, -0.25) is 0 Å². The summed E-state index contributed by atoms with van der Waals surface area (Å²) in [7, 11) is 0. The first-order valence-corrected chi connectivity index (χ1v) is 12.6. The number of phenolic OH excluding ortho intramolecular Hbond substituents is 1. The predicted octanol–water partition coefficient (Wildman–Crippen LogP) is 6.07. The number of benzene rings is 2. The van der Waals surface area contributed by atoms with E-state index in [9.17, 15) is 10.2 Å². The predicted molar refractivity (Wildman–Crippen MR) is 137 cm³/mol. The Labute approximate surface area is 203 Å². The third kappa shape index (κ3) is 5.20. The molecule has 1 aliphatic heterocycles. The quantitative estimate of drug-likeness (QED) is 0.437.